The van der Waals surface area contributed by atoms with Crippen LogP contribution < -0.4 is 5.32 Å². The van der Waals surface area contributed by atoms with Gasteiger partial charge in [0.1, 0.15) is 23.3 Å². The maximum Gasteiger partial charge on any atom is 0.145 e. The molecule has 0 aliphatic carbocycles. The molecule has 4 nitrogen and oxygen atoms in total. The number of nitrogens with one attached hydrogen (secondary N) is 1. The van der Waals surface area contributed by atoms with Gasteiger partial charge in [-0.1, -0.05) is 79.4 Å². The third-order valence-electron chi connectivity index (χ3n) is 5.50. The van der Waals surface area contributed by atoms with Gasteiger partial charge in [-0.2, -0.15) is 0 Å². The average Bonchev–Trinajstić information content (AvgIpc) is 3.17. The third-order valence-corrected chi connectivity index (χ3v) is 5.50. The molecule has 1 atom stereocenters. The number of nitrogens with zero attached hydrogens (tertiary/aromatic N) is 2. The zero-order valence-corrected chi connectivity index (χ0v) is 18.5. The molecule has 0 aliphatic rings. The highest BCUT2D eigenvalue weighted by molar-refractivity contribution is 6.01. The predicted octanol–water partition coefficient (Wildman–Crippen LogP) is 6.81. The first-order chi connectivity index (χ1) is 15.7. The summed E-state index contributed by atoms with van der Waals surface area (Å²) in [6.45, 7) is 12.4. The highest BCUT2D eigenvalue weighted by Crippen LogP contribution is 2.35. The van der Waals surface area contributed by atoms with Crippen molar-refractivity contribution >= 4 is 29.6 Å². The number of fused-ring (bicyclic) bond motifs is 1. The van der Waals surface area contributed by atoms with Crippen LogP contribution in [0.4, 0.5) is 0 Å². The van der Waals surface area contributed by atoms with Gasteiger partial charge in [0.15, 0.2) is 0 Å². The van der Waals surface area contributed by atoms with Gasteiger partial charge in [-0.25, -0.2) is 0 Å². The van der Waals surface area contributed by atoms with Gasteiger partial charge >= 0.3 is 0 Å². The van der Waals surface area contributed by atoms with Crippen molar-refractivity contribution in [2.24, 2.45) is 9.98 Å². The Balaban J connectivity index is 1.66. The fourth-order valence-electron chi connectivity index (χ4n) is 3.96. The molecular formula is C28H27N3O. The molecule has 4 rings (SSSR count). The van der Waals surface area contributed by atoms with Crippen molar-refractivity contribution in [2.45, 2.75) is 20.0 Å². The van der Waals surface area contributed by atoms with Gasteiger partial charge in [-0.15, -0.1) is 0 Å². The number of hydrogen-bond donors (Lipinski definition) is 1. The van der Waals surface area contributed by atoms with E-state index in [2.05, 4.69) is 58.9 Å². The molecule has 0 fully saturated rings. The van der Waals surface area contributed by atoms with E-state index in [1.807, 2.05) is 62.4 Å². The van der Waals surface area contributed by atoms with Crippen molar-refractivity contribution in [3.63, 3.8) is 0 Å². The van der Waals surface area contributed by atoms with Crippen LogP contribution in [0.25, 0.3) is 28.2 Å². The Kier molecular flexibility index (Phi) is 6.31. The van der Waals surface area contributed by atoms with Crippen molar-refractivity contribution in [1.29, 1.82) is 0 Å². The molecule has 0 bridgehead atoms. The molecule has 160 valence electrons. The van der Waals surface area contributed by atoms with Gasteiger partial charge in [0.05, 0.1) is 0 Å². The van der Waals surface area contributed by atoms with Crippen molar-refractivity contribution in [3.05, 3.63) is 102 Å². The smallest absolute Gasteiger partial charge is 0.145 e. The minimum absolute atomic E-state index is 0.301. The van der Waals surface area contributed by atoms with Crippen LogP contribution in [0.2, 0.25) is 0 Å². The van der Waals surface area contributed by atoms with Gasteiger partial charge in [0.2, 0.25) is 0 Å². The Bertz CT molecular complexity index is 1270. The standard InChI is InChI=1S/C28H27N3O/c1-5-23-19(3)32-25-14-10-13-24(26(23)25)20-15-17-22(18-16-20)27(29-4)31-28(30-6-2)21-11-8-7-9-12-21/h5,7-18,27H,1,4,6H2,2-3H3,(H,30,31). The Morgan fingerprint density at radius 2 is 1.78 bits per heavy atom. The van der Waals surface area contributed by atoms with E-state index in [1.54, 1.807) is 0 Å². The van der Waals surface area contributed by atoms with E-state index in [0.717, 1.165) is 50.4 Å². The Hall–Kier alpha value is -3.92. The van der Waals surface area contributed by atoms with Gasteiger partial charge in [0, 0.05) is 23.1 Å². The van der Waals surface area contributed by atoms with E-state index in [4.69, 9.17) is 4.42 Å². The van der Waals surface area contributed by atoms with Gasteiger partial charge in [-0.05, 0) is 43.3 Å². The van der Waals surface area contributed by atoms with Crippen molar-refractivity contribution in [2.75, 3.05) is 6.54 Å². The van der Waals surface area contributed by atoms with Crippen LogP contribution in [0.3, 0.4) is 0 Å². The zero-order chi connectivity index (χ0) is 22.5. The summed E-state index contributed by atoms with van der Waals surface area (Å²) in [5.74, 6) is 1.69. The number of aryl methyl sites for hydroxylation is 1. The molecular weight excluding hydrogens is 394 g/mol. The summed E-state index contributed by atoms with van der Waals surface area (Å²) in [5, 5.41) is 4.53. The van der Waals surface area contributed by atoms with Crippen molar-refractivity contribution in [3.8, 4) is 11.1 Å². The summed E-state index contributed by atoms with van der Waals surface area (Å²) >= 11 is 0. The maximum atomic E-state index is 5.92. The Labute approximate surface area is 189 Å². The van der Waals surface area contributed by atoms with Crippen LogP contribution in [-0.2, 0) is 0 Å². The zero-order valence-electron chi connectivity index (χ0n) is 18.5. The average molecular weight is 422 g/mol. The lowest BCUT2D eigenvalue weighted by molar-refractivity contribution is 0.577. The van der Waals surface area contributed by atoms with Gasteiger partial charge in [-0.3, -0.25) is 9.98 Å². The largest absolute Gasteiger partial charge is 0.461 e. The highest BCUT2D eigenvalue weighted by Gasteiger charge is 2.15. The first kappa shape index (κ1) is 21.3. The number of rotatable bonds is 7. The second-order valence-corrected chi connectivity index (χ2v) is 7.50. The summed E-state index contributed by atoms with van der Waals surface area (Å²) in [6, 6.07) is 24.6. The lowest BCUT2D eigenvalue weighted by Gasteiger charge is -2.18. The number of benzene rings is 3. The van der Waals surface area contributed by atoms with E-state index >= 15 is 0 Å². The fourth-order valence-corrected chi connectivity index (χ4v) is 3.96. The maximum absolute atomic E-state index is 5.92. The first-order valence-electron chi connectivity index (χ1n) is 10.7. The van der Waals surface area contributed by atoms with Gasteiger partial charge < -0.3 is 9.73 Å². The Morgan fingerprint density at radius 3 is 2.44 bits per heavy atom. The van der Waals surface area contributed by atoms with E-state index < -0.39 is 0 Å². The minimum atomic E-state index is -0.301. The summed E-state index contributed by atoms with van der Waals surface area (Å²) in [6.07, 6.45) is 1.56. The van der Waals surface area contributed by atoms with Crippen LogP contribution in [0.1, 0.15) is 35.5 Å². The molecule has 4 aromatic rings. The molecule has 1 N–H and O–H groups in total. The number of hydrogen-bond acceptors (Lipinski definition) is 3. The molecule has 0 spiro atoms. The molecule has 0 saturated heterocycles. The molecule has 3 aromatic carbocycles. The van der Waals surface area contributed by atoms with Crippen LogP contribution in [0.5, 0.6) is 0 Å². The summed E-state index contributed by atoms with van der Waals surface area (Å²) in [4.78, 5) is 8.95. The summed E-state index contributed by atoms with van der Waals surface area (Å²) < 4.78 is 5.92. The summed E-state index contributed by atoms with van der Waals surface area (Å²) in [7, 11) is 0. The quantitative estimate of drug-likeness (QED) is 0.263. The molecule has 4 heteroatoms. The van der Waals surface area contributed by atoms with E-state index in [-0.39, 0.29) is 6.17 Å². The normalized spacial score (nSPS) is 12.5. The second-order valence-electron chi connectivity index (χ2n) is 7.50. The van der Waals surface area contributed by atoms with Crippen molar-refractivity contribution < 1.29 is 4.42 Å². The third kappa shape index (κ3) is 4.12. The molecule has 0 amide bonds. The van der Waals surface area contributed by atoms with E-state index in [0.29, 0.717) is 6.54 Å². The number of aliphatic imine (C=N–C) groups is 2. The SMILES string of the molecule is C=Cc1c(C)oc2cccc(-c3ccc(C(N=C)NC(=NCC)c4ccccc4)cc3)c12. The molecule has 32 heavy (non-hydrogen) atoms. The van der Waals surface area contributed by atoms with Crippen LogP contribution in [0, 0.1) is 6.92 Å². The van der Waals surface area contributed by atoms with E-state index in [9.17, 15) is 0 Å². The predicted molar refractivity (Wildman–Crippen MR) is 135 cm³/mol. The van der Waals surface area contributed by atoms with E-state index in [1.165, 1.54) is 0 Å². The molecule has 0 aliphatic heterocycles. The first-order valence-corrected chi connectivity index (χ1v) is 10.7. The lowest BCUT2D eigenvalue weighted by atomic mass is 9.97. The van der Waals surface area contributed by atoms with Crippen molar-refractivity contribution in [1.82, 2.24) is 5.32 Å². The molecule has 0 saturated carbocycles. The molecule has 1 heterocycles. The van der Waals surface area contributed by atoms with Crippen LogP contribution >= 0.6 is 0 Å². The minimum Gasteiger partial charge on any atom is -0.461 e. The number of amidine groups is 1. The summed E-state index contributed by atoms with van der Waals surface area (Å²) in [5.41, 5.74) is 6.18. The highest BCUT2D eigenvalue weighted by atomic mass is 16.3. The topological polar surface area (TPSA) is 49.9 Å². The van der Waals surface area contributed by atoms with Crippen LogP contribution in [-0.4, -0.2) is 19.1 Å². The van der Waals surface area contributed by atoms with Gasteiger partial charge in [0.25, 0.3) is 0 Å². The monoisotopic (exact) mass is 421 g/mol. The number of furan rings is 1. The Morgan fingerprint density at radius 1 is 1.03 bits per heavy atom. The molecule has 0 radical (unpaired) electrons. The molecule has 1 unspecified atom stereocenters. The fraction of sp³-hybridized carbons (Fsp3) is 0.143. The molecule has 1 aromatic heterocycles. The second kappa shape index (κ2) is 9.48. The van der Waals surface area contributed by atoms with Crippen LogP contribution in [0.15, 0.2) is 93.8 Å². The lowest BCUT2D eigenvalue weighted by Crippen LogP contribution is -2.28.